The minimum atomic E-state index is -0.418. The lowest BCUT2D eigenvalue weighted by molar-refractivity contribution is -0.384. The Bertz CT molecular complexity index is 1450. The molecule has 35 heavy (non-hydrogen) atoms. The predicted molar refractivity (Wildman–Crippen MR) is 135 cm³/mol. The fourth-order valence-corrected chi connectivity index (χ4v) is 3.89. The van der Waals surface area contributed by atoms with Crippen LogP contribution in [0.15, 0.2) is 77.9 Å². The van der Waals surface area contributed by atoms with Crippen molar-refractivity contribution in [1.29, 1.82) is 0 Å². The number of non-ortho nitro benzene ring substituents is 1. The first kappa shape index (κ1) is 23.4. The molecule has 176 valence electrons. The Morgan fingerprint density at radius 1 is 1.06 bits per heavy atom. The molecule has 4 rings (SSSR count). The molecule has 2 amide bonds. The lowest BCUT2D eigenvalue weighted by Gasteiger charge is -2.08. The number of nitro groups is 1. The van der Waals surface area contributed by atoms with Crippen LogP contribution in [0.3, 0.4) is 0 Å². The second kappa shape index (κ2) is 10.0. The minimum Gasteiger partial charge on any atom is -0.340 e. The van der Waals surface area contributed by atoms with E-state index in [0.29, 0.717) is 17.8 Å². The van der Waals surface area contributed by atoms with Crippen LogP contribution in [0.25, 0.3) is 10.9 Å². The van der Waals surface area contributed by atoms with Crippen molar-refractivity contribution in [3.63, 3.8) is 0 Å². The summed E-state index contributed by atoms with van der Waals surface area (Å²) in [4.78, 5) is 34.3. The fourth-order valence-electron chi connectivity index (χ4n) is 3.89. The molecule has 0 unspecified atom stereocenters. The summed E-state index contributed by atoms with van der Waals surface area (Å²) in [5.74, 6) is -0.623. The van der Waals surface area contributed by atoms with Crippen LogP contribution in [0, 0.1) is 17.0 Å². The Kier molecular flexibility index (Phi) is 6.68. The highest BCUT2D eigenvalue weighted by Crippen LogP contribution is 2.26. The molecule has 0 aliphatic rings. The highest BCUT2D eigenvalue weighted by atomic mass is 16.6. The number of carbonyl (C=O) groups is 2. The summed E-state index contributed by atoms with van der Waals surface area (Å²) in [6, 6.07) is 20.9. The second-order valence-corrected chi connectivity index (χ2v) is 7.99. The molecule has 0 bridgehead atoms. The number of para-hydroxylation sites is 1. The largest absolute Gasteiger partial charge is 0.340 e. The Morgan fingerprint density at radius 2 is 1.80 bits per heavy atom. The molecule has 0 fully saturated rings. The standard InChI is InChI=1S/C26H23N5O4/c1-17-24(15-27-29-26(33)20-6-5-7-21(14-20)28-18(2)32)23-8-3-4-9-25(23)30(17)16-19-10-12-22(13-11-19)31(34)35/h3-15H,16H2,1-2H3,(H,28,32)(H,29,33). The number of carbonyl (C=O) groups excluding carboxylic acids is 2. The fraction of sp³-hybridized carbons (Fsp3) is 0.115. The van der Waals surface area contributed by atoms with E-state index in [0.717, 1.165) is 27.7 Å². The zero-order chi connectivity index (χ0) is 24.9. The first-order chi connectivity index (χ1) is 16.8. The van der Waals surface area contributed by atoms with E-state index in [-0.39, 0.29) is 11.6 Å². The number of nitrogens with zero attached hydrogens (tertiary/aromatic N) is 3. The van der Waals surface area contributed by atoms with Crippen molar-refractivity contribution >= 4 is 40.3 Å². The molecule has 0 saturated heterocycles. The van der Waals surface area contributed by atoms with Gasteiger partial charge in [0.05, 0.1) is 11.1 Å². The number of benzene rings is 3. The molecule has 1 heterocycles. The van der Waals surface area contributed by atoms with E-state index in [2.05, 4.69) is 20.4 Å². The topological polar surface area (TPSA) is 119 Å². The number of anilines is 1. The Labute approximate surface area is 201 Å². The minimum absolute atomic E-state index is 0.0500. The number of aromatic nitrogens is 1. The number of fused-ring (bicyclic) bond motifs is 1. The maximum Gasteiger partial charge on any atom is 0.271 e. The Morgan fingerprint density at radius 3 is 2.51 bits per heavy atom. The second-order valence-electron chi connectivity index (χ2n) is 7.99. The number of nitrogens with one attached hydrogen (secondary N) is 2. The van der Waals surface area contributed by atoms with Crippen LogP contribution in [-0.2, 0) is 11.3 Å². The van der Waals surface area contributed by atoms with Crippen LogP contribution in [0.5, 0.6) is 0 Å². The van der Waals surface area contributed by atoms with Gasteiger partial charge in [0.2, 0.25) is 5.91 Å². The van der Waals surface area contributed by atoms with Gasteiger partial charge in [-0.2, -0.15) is 5.10 Å². The van der Waals surface area contributed by atoms with Crippen LogP contribution < -0.4 is 10.7 Å². The van der Waals surface area contributed by atoms with Gasteiger partial charge in [-0.05, 0) is 36.8 Å². The summed E-state index contributed by atoms with van der Waals surface area (Å²) in [5.41, 5.74) is 7.19. The molecular formula is C26H23N5O4. The van der Waals surface area contributed by atoms with Gasteiger partial charge in [-0.3, -0.25) is 19.7 Å². The molecular weight excluding hydrogens is 446 g/mol. The summed E-state index contributed by atoms with van der Waals surface area (Å²) in [6.07, 6.45) is 1.61. The number of hydrazone groups is 1. The van der Waals surface area contributed by atoms with Crippen molar-refractivity contribution < 1.29 is 14.5 Å². The van der Waals surface area contributed by atoms with Crippen LogP contribution in [-0.4, -0.2) is 27.5 Å². The van der Waals surface area contributed by atoms with E-state index in [1.807, 2.05) is 31.2 Å². The molecule has 0 spiro atoms. The zero-order valence-corrected chi connectivity index (χ0v) is 19.2. The molecule has 1 aromatic heterocycles. The Hall–Kier alpha value is -4.79. The van der Waals surface area contributed by atoms with Gasteiger partial charge in [0.1, 0.15) is 0 Å². The molecule has 0 aliphatic heterocycles. The van der Waals surface area contributed by atoms with Crippen molar-refractivity contribution in [3.05, 3.63) is 105 Å². The summed E-state index contributed by atoms with van der Waals surface area (Å²) in [7, 11) is 0. The number of rotatable bonds is 7. The number of hydrogen-bond donors (Lipinski definition) is 2. The van der Waals surface area contributed by atoms with Crippen molar-refractivity contribution in [2.75, 3.05) is 5.32 Å². The van der Waals surface area contributed by atoms with Gasteiger partial charge >= 0.3 is 0 Å². The van der Waals surface area contributed by atoms with Crippen LogP contribution in [0.4, 0.5) is 11.4 Å². The monoisotopic (exact) mass is 469 g/mol. The number of hydrogen-bond acceptors (Lipinski definition) is 5. The quantitative estimate of drug-likeness (QED) is 0.233. The lowest BCUT2D eigenvalue weighted by atomic mass is 10.1. The third kappa shape index (κ3) is 5.25. The van der Waals surface area contributed by atoms with Gasteiger partial charge in [0.15, 0.2) is 0 Å². The predicted octanol–water partition coefficient (Wildman–Crippen LogP) is 4.63. The van der Waals surface area contributed by atoms with Gasteiger partial charge in [-0.15, -0.1) is 0 Å². The van der Waals surface area contributed by atoms with Gasteiger partial charge in [-0.25, -0.2) is 5.43 Å². The van der Waals surface area contributed by atoms with E-state index in [9.17, 15) is 19.7 Å². The summed E-state index contributed by atoms with van der Waals surface area (Å²) in [5, 5.41) is 18.7. The summed E-state index contributed by atoms with van der Waals surface area (Å²) >= 11 is 0. The molecule has 0 radical (unpaired) electrons. The van der Waals surface area contributed by atoms with E-state index >= 15 is 0 Å². The smallest absolute Gasteiger partial charge is 0.271 e. The van der Waals surface area contributed by atoms with E-state index in [1.54, 1.807) is 42.6 Å². The van der Waals surface area contributed by atoms with Gasteiger partial charge in [0, 0.05) is 59.0 Å². The van der Waals surface area contributed by atoms with Gasteiger partial charge < -0.3 is 9.88 Å². The Balaban J connectivity index is 1.57. The lowest BCUT2D eigenvalue weighted by Crippen LogP contribution is -2.18. The first-order valence-electron chi connectivity index (χ1n) is 10.9. The van der Waals surface area contributed by atoms with E-state index < -0.39 is 10.8 Å². The van der Waals surface area contributed by atoms with Crippen molar-refractivity contribution in [2.45, 2.75) is 20.4 Å². The van der Waals surface area contributed by atoms with Crippen LogP contribution >= 0.6 is 0 Å². The molecule has 3 aromatic carbocycles. The molecule has 0 aliphatic carbocycles. The third-order valence-corrected chi connectivity index (χ3v) is 5.57. The maximum atomic E-state index is 12.6. The average Bonchev–Trinajstić information content (AvgIpc) is 3.10. The zero-order valence-electron chi connectivity index (χ0n) is 19.2. The highest BCUT2D eigenvalue weighted by Gasteiger charge is 2.14. The average molecular weight is 470 g/mol. The van der Waals surface area contributed by atoms with E-state index in [1.165, 1.54) is 19.1 Å². The van der Waals surface area contributed by atoms with Gasteiger partial charge in [0.25, 0.3) is 11.6 Å². The molecule has 9 heteroatoms. The SMILES string of the molecule is CC(=O)Nc1cccc(C(=O)NN=Cc2c(C)n(Cc3ccc([N+](=O)[O-])cc3)c3ccccc23)c1. The van der Waals surface area contributed by atoms with Crippen LogP contribution in [0.2, 0.25) is 0 Å². The van der Waals surface area contributed by atoms with Crippen molar-refractivity contribution in [1.82, 2.24) is 9.99 Å². The molecule has 0 atom stereocenters. The van der Waals surface area contributed by atoms with Crippen molar-refractivity contribution in [2.24, 2.45) is 5.10 Å². The van der Waals surface area contributed by atoms with E-state index in [4.69, 9.17) is 0 Å². The normalized spacial score (nSPS) is 11.0. The maximum absolute atomic E-state index is 12.6. The molecule has 9 nitrogen and oxygen atoms in total. The summed E-state index contributed by atoms with van der Waals surface area (Å²) < 4.78 is 2.11. The van der Waals surface area contributed by atoms with Crippen LogP contribution in [0.1, 0.15) is 34.1 Å². The summed E-state index contributed by atoms with van der Waals surface area (Å²) in [6.45, 7) is 3.89. The van der Waals surface area contributed by atoms with Gasteiger partial charge in [-0.1, -0.05) is 36.4 Å². The molecule has 0 saturated carbocycles. The molecule has 4 aromatic rings. The number of nitro benzene ring substituents is 1. The van der Waals surface area contributed by atoms with Crippen molar-refractivity contribution in [3.8, 4) is 0 Å². The third-order valence-electron chi connectivity index (χ3n) is 5.57. The first-order valence-corrected chi connectivity index (χ1v) is 10.9. The highest BCUT2D eigenvalue weighted by molar-refractivity contribution is 6.02. The molecule has 2 N–H and O–H groups in total. The number of amides is 2.